The standard InChI is InChI=1S/C8H12N2O4S2/c1-3(7(11)12)9-5(15)6(16)10-4(2)8(13)14/h3-4H,1-2H3,(H,9,15)(H,10,16)(H,11,12)(H,13,14). The predicted octanol–water partition coefficient (Wildman–Crippen LogP) is -0.233. The minimum absolute atomic E-state index is 0.0120. The zero-order chi connectivity index (χ0) is 12.9. The Kier molecular flexibility index (Phi) is 5.83. The fourth-order valence-electron chi connectivity index (χ4n) is 0.648. The van der Waals surface area contributed by atoms with Gasteiger partial charge in [0.2, 0.25) is 0 Å². The predicted molar refractivity (Wildman–Crippen MR) is 65.7 cm³/mol. The summed E-state index contributed by atoms with van der Waals surface area (Å²) in [6.45, 7) is 2.80. The van der Waals surface area contributed by atoms with E-state index >= 15 is 0 Å². The Labute approximate surface area is 103 Å². The van der Waals surface area contributed by atoms with Gasteiger partial charge in [0.1, 0.15) is 22.1 Å². The lowest BCUT2D eigenvalue weighted by Gasteiger charge is -2.15. The number of thiocarbonyl (C=S) groups is 2. The molecule has 0 aromatic heterocycles. The van der Waals surface area contributed by atoms with E-state index in [9.17, 15) is 9.59 Å². The number of aliphatic carboxylic acids is 2. The lowest BCUT2D eigenvalue weighted by atomic mass is 10.3. The molecule has 0 aliphatic heterocycles. The molecule has 0 fully saturated rings. The molecule has 16 heavy (non-hydrogen) atoms. The number of hydrogen-bond acceptors (Lipinski definition) is 4. The molecular weight excluding hydrogens is 252 g/mol. The normalized spacial score (nSPS) is 13.4. The van der Waals surface area contributed by atoms with Gasteiger partial charge in [0.05, 0.1) is 0 Å². The summed E-state index contributed by atoms with van der Waals surface area (Å²) in [6, 6.07) is -1.76. The lowest BCUT2D eigenvalue weighted by Crippen LogP contribution is -2.48. The zero-order valence-corrected chi connectivity index (χ0v) is 10.3. The van der Waals surface area contributed by atoms with Gasteiger partial charge in [0.15, 0.2) is 0 Å². The largest absolute Gasteiger partial charge is 0.480 e. The summed E-state index contributed by atoms with van der Waals surface area (Å²) in [6.07, 6.45) is 0. The Bertz CT molecular complexity index is 300. The molecule has 2 unspecified atom stereocenters. The molecule has 0 amide bonds. The monoisotopic (exact) mass is 264 g/mol. The van der Waals surface area contributed by atoms with Crippen molar-refractivity contribution in [1.29, 1.82) is 0 Å². The molecule has 0 radical (unpaired) electrons. The minimum atomic E-state index is -1.07. The van der Waals surface area contributed by atoms with Crippen molar-refractivity contribution in [2.45, 2.75) is 25.9 Å². The van der Waals surface area contributed by atoms with Crippen LogP contribution in [0.4, 0.5) is 0 Å². The van der Waals surface area contributed by atoms with Crippen LogP contribution < -0.4 is 10.6 Å². The SMILES string of the molecule is CC(NC(=S)C(=S)NC(C)C(=O)O)C(=O)O. The fraction of sp³-hybridized carbons (Fsp3) is 0.500. The van der Waals surface area contributed by atoms with Crippen LogP contribution in [0.1, 0.15) is 13.8 Å². The highest BCUT2D eigenvalue weighted by molar-refractivity contribution is 7.89. The number of carboxylic acids is 2. The second kappa shape index (κ2) is 6.33. The van der Waals surface area contributed by atoms with Crippen LogP contribution in [-0.2, 0) is 9.59 Å². The van der Waals surface area contributed by atoms with Gasteiger partial charge >= 0.3 is 11.9 Å². The van der Waals surface area contributed by atoms with Crippen LogP contribution in [0, 0.1) is 0 Å². The second-order valence-electron chi connectivity index (χ2n) is 3.07. The number of hydrogen-bond donors (Lipinski definition) is 4. The van der Waals surface area contributed by atoms with Gasteiger partial charge in [0, 0.05) is 0 Å². The maximum atomic E-state index is 10.5. The van der Waals surface area contributed by atoms with Crippen LogP contribution in [0.5, 0.6) is 0 Å². The highest BCUT2D eigenvalue weighted by Gasteiger charge is 2.17. The third kappa shape index (κ3) is 4.99. The summed E-state index contributed by atoms with van der Waals surface area (Å²) >= 11 is 9.61. The van der Waals surface area contributed by atoms with Crippen LogP contribution in [0.25, 0.3) is 0 Å². The summed E-state index contributed by atoms with van der Waals surface area (Å²) in [7, 11) is 0. The fourth-order valence-corrected chi connectivity index (χ4v) is 1.12. The van der Waals surface area contributed by atoms with Crippen molar-refractivity contribution in [3.63, 3.8) is 0 Å². The molecule has 0 aromatic rings. The first-order chi connectivity index (χ1) is 7.25. The van der Waals surface area contributed by atoms with Gasteiger partial charge < -0.3 is 20.8 Å². The van der Waals surface area contributed by atoms with Gasteiger partial charge in [-0.05, 0) is 13.8 Å². The van der Waals surface area contributed by atoms with Crippen molar-refractivity contribution in [2.24, 2.45) is 0 Å². The average Bonchev–Trinajstić information content (AvgIpc) is 2.16. The van der Waals surface area contributed by atoms with Crippen molar-refractivity contribution >= 4 is 46.4 Å². The molecule has 2 atom stereocenters. The first kappa shape index (κ1) is 14.7. The smallest absolute Gasteiger partial charge is 0.325 e. The molecule has 0 aliphatic rings. The quantitative estimate of drug-likeness (QED) is 0.517. The van der Waals surface area contributed by atoms with Crippen molar-refractivity contribution in [3.8, 4) is 0 Å². The van der Waals surface area contributed by atoms with Gasteiger partial charge in [-0.3, -0.25) is 9.59 Å². The highest BCUT2D eigenvalue weighted by Crippen LogP contribution is 1.88. The summed E-state index contributed by atoms with van der Waals surface area (Å²) in [5, 5.41) is 22.1. The lowest BCUT2D eigenvalue weighted by molar-refractivity contribution is -0.139. The van der Waals surface area contributed by atoms with E-state index in [-0.39, 0.29) is 9.98 Å². The van der Waals surface area contributed by atoms with Crippen LogP contribution >= 0.6 is 24.4 Å². The Morgan fingerprint density at radius 2 is 1.19 bits per heavy atom. The maximum absolute atomic E-state index is 10.5. The zero-order valence-electron chi connectivity index (χ0n) is 8.68. The molecule has 6 nitrogen and oxygen atoms in total. The van der Waals surface area contributed by atoms with E-state index in [2.05, 4.69) is 10.6 Å². The summed E-state index contributed by atoms with van der Waals surface area (Å²) in [4.78, 5) is 21.0. The highest BCUT2D eigenvalue weighted by atomic mass is 32.1. The van der Waals surface area contributed by atoms with E-state index in [0.717, 1.165) is 0 Å². The van der Waals surface area contributed by atoms with E-state index < -0.39 is 24.0 Å². The summed E-state index contributed by atoms with van der Waals surface area (Å²) < 4.78 is 0. The van der Waals surface area contributed by atoms with Gasteiger partial charge in [-0.1, -0.05) is 24.4 Å². The first-order valence-electron chi connectivity index (χ1n) is 4.32. The molecule has 0 aliphatic carbocycles. The Morgan fingerprint density at radius 1 is 0.938 bits per heavy atom. The molecule has 0 bridgehead atoms. The Balaban J connectivity index is 4.25. The minimum Gasteiger partial charge on any atom is -0.480 e. The van der Waals surface area contributed by atoms with Gasteiger partial charge in [-0.25, -0.2) is 0 Å². The third-order valence-electron chi connectivity index (χ3n) is 1.64. The first-order valence-corrected chi connectivity index (χ1v) is 5.14. The molecular formula is C8H12N2O4S2. The molecule has 8 heteroatoms. The summed E-state index contributed by atoms with van der Waals surface area (Å²) in [5.41, 5.74) is 0. The number of rotatable bonds is 4. The molecule has 0 saturated heterocycles. The van der Waals surface area contributed by atoms with E-state index in [4.69, 9.17) is 34.6 Å². The van der Waals surface area contributed by atoms with E-state index in [1.807, 2.05) is 0 Å². The van der Waals surface area contributed by atoms with Gasteiger partial charge in [-0.15, -0.1) is 0 Å². The third-order valence-corrected chi connectivity index (χ3v) is 2.42. The molecule has 4 N–H and O–H groups in total. The number of carboxylic acid groups (broad SMARTS) is 2. The van der Waals surface area contributed by atoms with Crippen molar-refractivity contribution in [1.82, 2.24) is 10.6 Å². The van der Waals surface area contributed by atoms with Gasteiger partial charge in [0.25, 0.3) is 0 Å². The molecule has 0 heterocycles. The van der Waals surface area contributed by atoms with Crippen molar-refractivity contribution in [2.75, 3.05) is 0 Å². The molecule has 90 valence electrons. The Hall–Kier alpha value is -1.28. The van der Waals surface area contributed by atoms with Crippen LogP contribution in [-0.4, -0.2) is 44.2 Å². The second-order valence-corrected chi connectivity index (χ2v) is 3.88. The molecule has 0 saturated carbocycles. The summed E-state index contributed by atoms with van der Waals surface area (Å²) in [5.74, 6) is -2.15. The van der Waals surface area contributed by atoms with Crippen LogP contribution in [0.2, 0.25) is 0 Å². The maximum Gasteiger partial charge on any atom is 0.325 e. The molecule has 0 spiro atoms. The number of nitrogens with one attached hydrogen (secondary N) is 2. The number of carbonyl (C=O) groups is 2. The van der Waals surface area contributed by atoms with Crippen molar-refractivity contribution in [3.05, 3.63) is 0 Å². The van der Waals surface area contributed by atoms with Gasteiger partial charge in [-0.2, -0.15) is 0 Å². The van der Waals surface area contributed by atoms with Crippen LogP contribution in [0.15, 0.2) is 0 Å². The van der Waals surface area contributed by atoms with Crippen molar-refractivity contribution < 1.29 is 19.8 Å². The average molecular weight is 264 g/mol. The van der Waals surface area contributed by atoms with Crippen LogP contribution in [0.3, 0.4) is 0 Å². The molecule has 0 rings (SSSR count). The van der Waals surface area contributed by atoms with E-state index in [1.165, 1.54) is 13.8 Å². The molecule has 0 aromatic carbocycles. The topological polar surface area (TPSA) is 98.7 Å². The van der Waals surface area contributed by atoms with E-state index in [1.54, 1.807) is 0 Å². The Morgan fingerprint density at radius 3 is 1.38 bits per heavy atom. The van der Waals surface area contributed by atoms with E-state index in [0.29, 0.717) is 0 Å².